The fraction of sp³-hybridized carbons (Fsp3) is 0.857. The molecule has 24 heavy (non-hydrogen) atoms. The summed E-state index contributed by atoms with van der Waals surface area (Å²) in [5.41, 5.74) is 0. The molecule has 0 aliphatic carbocycles. The normalized spacial score (nSPS) is 12.6. The summed E-state index contributed by atoms with van der Waals surface area (Å²) >= 11 is 0. The maximum Gasteiger partial charge on any atom is 0.220 e. The molecule has 0 aromatic heterocycles. The summed E-state index contributed by atoms with van der Waals surface area (Å²) < 4.78 is 0. The van der Waals surface area contributed by atoms with Gasteiger partial charge in [-0.05, 0) is 39.0 Å². The highest BCUT2D eigenvalue weighted by Gasteiger charge is 2.04. The van der Waals surface area contributed by atoms with Crippen molar-refractivity contribution in [3.8, 4) is 0 Å². The highest BCUT2D eigenvalue weighted by atomic mass is 16.3. The first-order valence-electron chi connectivity index (χ1n) is 10.3. The van der Waals surface area contributed by atoms with Gasteiger partial charge < -0.3 is 10.4 Å². The number of aliphatic hydroxyl groups is 1. The smallest absolute Gasteiger partial charge is 0.220 e. The van der Waals surface area contributed by atoms with Crippen LogP contribution in [0, 0.1) is 0 Å². The Morgan fingerprint density at radius 3 is 1.92 bits per heavy atom. The van der Waals surface area contributed by atoms with Crippen LogP contribution in [0.25, 0.3) is 0 Å². The fourth-order valence-corrected chi connectivity index (χ4v) is 2.75. The van der Waals surface area contributed by atoms with Crippen LogP contribution >= 0.6 is 0 Å². The molecule has 3 heteroatoms. The van der Waals surface area contributed by atoms with Crippen LogP contribution in [0.15, 0.2) is 12.2 Å². The van der Waals surface area contributed by atoms with Crippen molar-refractivity contribution >= 4 is 5.91 Å². The molecule has 2 N–H and O–H groups in total. The molecular formula is C21H41NO2. The first kappa shape index (κ1) is 23.2. The van der Waals surface area contributed by atoms with Gasteiger partial charge in [-0.3, -0.25) is 4.79 Å². The Morgan fingerprint density at radius 1 is 0.875 bits per heavy atom. The average Bonchev–Trinajstić information content (AvgIpc) is 2.58. The quantitative estimate of drug-likeness (QED) is 0.271. The Bertz CT molecular complexity index is 302. The molecule has 0 heterocycles. The zero-order valence-electron chi connectivity index (χ0n) is 16.2. The number of carbonyl (C=O) groups is 1. The van der Waals surface area contributed by atoms with Gasteiger partial charge in [0, 0.05) is 12.5 Å². The Hall–Kier alpha value is -0.830. The van der Waals surface area contributed by atoms with Crippen molar-refractivity contribution in [1.29, 1.82) is 0 Å². The topological polar surface area (TPSA) is 49.3 Å². The molecule has 1 amide bonds. The van der Waals surface area contributed by atoms with Crippen LogP contribution in [0.5, 0.6) is 0 Å². The van der Waals surface area contributed by atoms with Crippen LogP contribution in [0.3, 0.4) is 0 Å². The monoisotopic (exact) mass is 339 g/mol. The largest absolute Gasteiger partial charge is 0.394 e. The fourth-order valence-electron chi connectivity index (χ4n) is 2.75. The van der Waals surface area contributed by atoms with Gasteiger partial charge in [-0.1, -0.05) is 70.4 Å². The molecule has 0 aromatic carbocycles. The van der Waals surface area contributed by atoms with E-state index in [-0.39, 0.29) is 18.6 Å². The summed E-state index contributed by atoms with van der Waals surface area (Å²) in [7, 11) is 0. The van der Waals surface area contributed by atoms with Crippen molar-refractivity contribution in [2.24, 2.45) is 0 Å². The van der Waals surface area contributed by atoms with Crippen molar-refractivity contribution in [1.82, 2.24) is 5.32 Å². The van der Waals surface area contributed by atoms with Crippen LogP contribution in [-0.4, -0.2) is 23.7 Å². The Balaban J connectivity index is 3.23. The zero-order valence-corrected chi connectivity index (χ0v) is 16.2. The van der Waals surface area contributed by atoms with Crippen molar-refractivity contribution in [2.75, 3.05) is 6.61 Å². The van der Waals surface area contributed by atoms with E-state index < -0.39 is 0 Å². The first-order valence-corrected chi connectivity index (χ1v) is 10.3. The van der Waals surface area contributed by atoms with Crippen LogP contribution in [0.1, 0.15) is 104 Å². The SMILES string of the molecule is CCCCCCCCCCC=CCCCCCC(=O)NC(C)CO. The molecule has 0 rings (SSSR count). The van der Waals surface area contributed by atoms with Crippen LogP contribution in [0.2, 0.25) is 0 Å². The van der Waals surface area contributed by atoms with E-state index in [4.69, 9.17) is 5.11 Å². The number of allylic oxidation sites excluding steroid dienone is 2. The summed E-state index contributed by atoms with van der Waals surface area (Å²) in [5.74, 6) is 0.0572. The van der Waals surface area contributed by atoms with Crippen molar-refractivity contribution in [3.63, 3.8) is 0 Å². The Labute approximate surface area is 150 Å². The van der Waals surface area contributed by atoms with Gasteiger partial charge in [0.05, 0.1) is 6.61 Å². The van der Waals surface area contributed by atoms with Crippen LogP contribution in [-0.2, 0) is 4.79 Å². The Morgan fingerprint density at radius 2 is 1.38 bits per heavy atom. The van der Waals surface area contributed by atoms with Crippen molar-refractivity contribution in [2.45, 2.75) is 110 Å². The number of rotatable bonds is 17. The van der Waals surface area contributed by atoms with Crippen LogP contribution in [0.4, 0.5) is 0 Å². The standard InChI is InChI=1S/C21H41NO2/c1-3-4-5-6-7-8-9-10-11-12-13-14-15-16-17-18-21(24)22-20(2)19-23/h12-13,20,23H,3-11,14-19H2,1-2H3,(H,22,24). The molecular weight excluding hydrogens is 298 g/mol. The minimum atomic E-state index is -0.128. The van der Waals surface area contributed by atoms with E-state index >= 15 is 0 Å². The molecule has 0 radical (unpaired) electrons. The molecule has 1 unspecified atom stereocenters. The van der Waals surface area contributed by atoms with Gasteiger partial charge in [0.2, 0.25) is 5.91 Å². The third-order valence-corrected chi connectivity index (χ3v) is 4.35. The summed E-state index contributed by atoms with van der Waals surface area (Å²) in [5, 5.41) is 11.6. The molecule has 0 aliphatic rings. The lowest BCUT2D eigenvalue weighted by atomic mass is 10.1. The number of aliphatic hydroxyl groups excluding tert-OH is 1. The van der Waals surface area contributed by atoms with E-state index in [1.54, 1.807) is 0 Å². The predicted octanol–water partition coefficient (Wildman–Crippen LogP) is 5.52. The highest BCUT2D eigenvalue weighted by molar-refractivity contribution is 5.76. The van der Waals surface area contributed by atoms with Gasteiger partial charge in [0.15, 0.2) is 0 Å². The minimum absolute atomic E-state index is 0.00932. The van der Waals surface area contributed by atoms with Gasteiger partial charge in [-0.2, -0.15) is 0 Å². The third kappa shape index (κ3) is 17.5. The highest BCUT2D eigenvalue weighted by Crippen LogP contribution is 2.10. The second-order valence-electron chi connectivity index (χ2n) is 6.99. The van der Waals surface area contributed by atoms with Gasteiger partial charge in [0.1, 0.15) is 0 Å². The molecule has 0 bridgehead atoms. The first-order chi connectivity index (χ1) is 11.7. The lowest BCUT2D eigenvalue weighted by molar-refractivity contribution is -0.122. The number of hydrogen-bond acceptors (Lipinski definition) is 2. The summed E-state index contributed by atoms with van der Waals surface area (Å²) in [6.07, 6.45) is 21.8. The van der Waals surface area contributed by atoms with Gasteiger partial charge in [0.25, 0.3) is 0 Å². The molecule has 0 aliphatic heterocycles. The predicted molar refractivity (Wildman–Crippen MR) is 104 cm³/mol. The van der Waals surface area contributed by atoms with E-state index in [9.17, 15) is 4.79 Å². The summed E-state index contributed by atoms with van der Waals surface area (Å²) in [6, 6.07) is -0.128. The van der Waals surface area contributed by atoms with E-state index in [0.29, 0.717) is 6.42 Å². The Kier molecular flexibility index (Phi) is 17.9. The minimum Gasteiger partial charge on any atom is -0.394 e. The lowest BCUT2D eigenvalue weighted by Gasteiger charge is -2.10. The van der Waals surface area contributed by atoms with E-state index in [1.165, 1.54) is 57.8 Å². The molecule has 0 saturated carbocycles. The van der Waals surface area contributed by atoms with Crippen molar-refractivity contribution < 1.29 is 9.90 Å². The van der Waals surface area contributed by atoms with E-state index in [0.717, 1.165) is 25.7 Å². The molecule has 1 atom stereocenters. The summed E-state index contributed by atoms with van der Waals surface area (Å²) in [6.45, 7) is 4.09. The second kappa shape index (κ2) is 18.5. The number of carbonyl (C=O) groups excluding carboxylic acids is 1. The second-order valence-corrected chi connectivity index (χ2v) is 6.99. The van der Waals surface area contributed by atoms with Gasteiger partial charge in [-0.25, -0.2) is 0 Å². The molecule has 0 spiro atoms. The summed E-state index contributed by atoms with van der Waals surface area (Å²) in [4.78, 5) is 11.5. The maximum absolute atomic E-state index is 11.5. The number of amides is 1. The zero-order chi connectivity index (χ0) is 17.9. The number of nitrogens with one attached hydrogen (secondary N) is 1. The van der Waals surface area contributed by atoms with E-state index in [2.05, 4.69) is 24.4 Å². The van der Waals surface area contributed by atoms with Crippen LogP contribution < -0.4 is 5.32 Å². The van der Waals surface area contributed by atoms with Gasteiger partial charge in [-0.15, -0.1) is 0 Å². The molecule has 0 aromatic rings. The van der Waals surface area contributed by atoms with Gasteiger partial charge >= 0.3 is 0 Å². The molecule has 3 nitrogen and oxygen atoms in total. The maximum atomic E-state index is 11.5. The average molecular weight is 340 g/mol. The molecule has 0 fully saturated rings. The molecule has 142 valence electrons. The number of hydrogen-bond donors (Lipinski definition) is 2. The molecule has 0 saturated heterocycles. The van der Waals surface area contributed by atoms with Crippen molar-refractivity contribution in [3.05, 3.63) is 12.2 Å². The lowest BCUT2D eigenvalue weighted by Crippen LogP contribution is -2.34. The number of unbranched alkanes of at least 4 members (excludes halogenated alkanes) is 11. The third-order valence-electron chi connectivity index (χ3n) is 4.35. The van der Waals surface area contributed by atoms with E-state index in [1.807, 2.05) is 6.92 Å².